The van der Waals surface area contributed by atoms with Crippen LogP contribution in [-0.2, 0) is 6.54 Å². The number of nitrogen functional groups attached to an aromatic ring is 1. The second-order valence-electron chi connectivity index (χ2n) is 5.05. The molecule has 1 aromatic heterocycles. The first-order valence-electron chi connectivity index (χ1n) is 5.55. The number of nitrogens with zero attached hydrogens (tertiary/aromatic N) is 2. The first kappa shape index (κ1) is 10.3. The Kier molecular flexibility index (Phi) is 2.17. The second-order valence-corrected chi connectivity index (χ2v) is 5.05. The van der Waals surface area contributed by atoms with Gasteiger partial charge in [-0.05, 0) is 25.7 Å². The maximum Gasteiger partial charge on any atom is 0.148 e. The molecular formula is C11H20N4. The number of nitrogens with one attached hydrogen (secondary N) is 1. The van der Waals surface area contributed by atoms with Crippen molar-refractivity contribution in [3.63, 3.8) is 0 Å². The topological polar surface area (TPSA) is 55.9 Å². The van der Waals surface area contributed by atoms with Gasteiger partial charge in [0.1, 0.15) is 5.82 Å². The minimum Gasteiger partial charge on any atom is -0.394 e. The Morgan fingerprint density at radius 2 is 2.20 bits per heavy atom. The molecule has 1 fully saturated rings. The van der Waals surface area contributed by atoms with E-state index in [-0.39, 0.29) is 0 Å². The summed E-state index contributed by atoms with van der Waals surface area (Å²) in [6, 6.07) is 0.543. The largest absolute Gasteiger partial charge is 0.394 e. The molecule has 2 rings (SSSR count). The molecule has 0 saturated heterocycles. The van der Waals surface area contributed by atoms with E-state index in [4.69, 9.17) is 5.73 Å². The zero-order valence-electron chi connectivity index (χ0n) is 9.96. The summed E-state index contributed by atoms with van der Waals surface area (Å²) in [6.45, 7) is 9.41. The number of anilines is 2. The quantitative estimate of drug-likeness (QED) is 0.799. The molecule has 1 aliphatic rings. The predicted octanol–water partition coefficient (Wildman–Crippen LogP) is 2.00. The SMILES string of the molecule is CCn1nc(C)c(N)c1NC1CC1(C)C. The van der Waals surface area contributed by atoms with Crippen LogP contribution < -0.4 is 11.1 Å². The molecule has 1 aliphatic carbocycles. The lowest BCUT2D eigenvalue weighted by molar-refractivity contribution is 0.618. The maximum absolute atomic E-state index is 6.00. The molecule has 0 amide bonds. The van der Waals surface area contributed by atoms with Crippen LogP contribution in [0.2, 0.25) is 0 Å². The standard InChI is InChI=1S/C11H20N4/c1-5-15-10(9(12)7(2)14-15)13-8-6-11(8,3)4/h8,13H,5-6,12H2,1-4H3. The molecule has 1 atom stereocenters. The van der Waals surface area contributed by atoms with Gasteiger partial charge in [-0.3, -0.25) is 0 Å². The Morgan fingerprint density at radius 1 is 1.60 bits per heavy atom. The number of aryl methyl sites for hydroxylation is 2. The molecule has 0 aliphatic heterocycles. The van der Waals surface area contributed by atoms with Crippen LogP contribution in [0.4, 0.5) is 11.5 Å². The van der Waals surface area contributed by atoms with Crippen molar-refractivity contribution in [1.29, 1.82) is 0 Å². The van der Waals surface area contributed by atoms with E-state index in [9.17, 15) is 0 Å². The highest BCUT2D eigenvalue weighted by molar-refractivity contribution is 5.65. The summed E-state index contributed by atoms with van der Waals surface area (Å²) in [5.41, 5.74) is 8.11. The molecular weight excluding hydrogens is 188 g/mol. The molecule has 3 N–H and O–H groups in total. The van der Waals surface area contributed by atoms with Crippen LogP contribution in [0.5, 0.6) is 0 Å². The van der Waals surface area contributed by atoms with E-state index in [2.05, 4.69) is 31.2 Å². The van der Waals surface area contributed by atoms with Crippen molar-refractivity contribution in [2.24, 2.45) is 5.41 Å². The maximum atomic E-state index is 6.00. The van der Waals surface area contributed by atoms with Crippen molar-refractivity contribution in [3.8, 4) is 0 Å². The Hall–Kier alpha value is -1.19. The van der Waals surface area contributed by atoms with Gasteiger partial charge in [-0.25, -0.2) is 4.68 Å². The highest BCUT2D eigenvalue weighted by Crippen LogP contribution is 2.47. The number of nitrogens with two attached hydrogens (primary N) is 1. The van der Waals surface area contributed by atoms with Gasteiger partial charge in [0.15, 0.2) is 0 Å². The molecule has 1 unspecified atom stereocenters. The lowest BCUT2D eigenvalue weighted by Gasteiger charge is -2.10. The molecule has 15 heavy (non-hydrogen) atoms. The summed E-state index contributed by atoms with van der Waals surface area (Å²) in [5, 5.41) is 7.88. The monoisotopic (exact) mass is 208 g/mol. The molecule has 4 heteroatoms. The van der Waals surface area contributed by atoms with Crippen LogP contribution in [0.1, 0.15) is 32.9 Å². The summed E-state index contributed by atoms with van der Waals surface area (Å²) in [5.74, 6) is 0.991. The molecule has 0 radical (unpaired) electrons. The Balaban J connectivity index is 2.20. The molecule has 0 spiro atoms. The van der Waals surface area contributed by atoms with Gasteiger partial charge < -0.3 is 11.1 Å². The Labute approximate surface area is 90.8 Å². The fraction of sp³-hybridized carbons (Fsp3) is 0.727. The summed E-state index contributed by atoms with van der Waals surface area (Å²) < 4.78 is 1.94. The van der Waals surface area contributed by atoms with E-state index in [1.54, 1.807) is 0 Å². The van der Waals surface area contributed by atoms with Crippen LogP contribution in [0.25, 0.3) is 0 Å². The van der Waals surface area contributed by atoms with Gasteiger partial charge in [0.25, 0.3) is 0 Å². The molecule has 0 bridgehead atoms. The summed E-state index contributed by atoms with van der Waals surface area (Å²) in [6.07, 6.45) is 1.21. The van der Waals surface area contributed by atoms with Crippen molar-refractivity contribution in [2.45, 2.75) is 46.7 Å². The first-order chi connectivity index (χ1) is 6.95. The van der Waals surface area contributed by atoms with E-state index in [1.165, 1.54) is 6.42 Å². The van der Waals surface area contributed by atoms with E-state index in [1.807, 2.05) is 11.6 Å². The fourth-order valence-electron chi connectivity index (χ4n) is 1.86. The Bertz CT molecular complexity index is 378. The number of aromatic nitrogens is 2. The molecule has 0 aromatic carbocycles. The van der Waals surface area contributed by atoms with Crippen LogP contribution in [0, 0.1) is 12.3 Å². The number of rotatable bonds is 3. The smallest absolute Gasteiger partial charge is 0.148 e. The lowest BCUT2D eigenvalue weighted by Crippen LogP contribution is -2.13. The van der Waals surface area contributed by atoms with Crippen molar-refractivity contribution < 1.29 is 0 Å². The van der Waals surface area contributed by atoms with Gasteiger partial charge in [-0.15, -0.1) is 0 Å². The average Bonchev–Trinajstić information content (AvgIpc) is 2.68. The predicted molar refractivity (Wildman–Crippen MR) is 62.9 cm³/mol. The highest BCUT2D eigenvalue weighted by Gasteiger charge is 2.46. The zero-order chi connectivity index (χ0) is 11.2. The van der Waals surface area contributed by atoms with Gasteiger partial charge in [0.2, 0.25) is 0 Å². The normalized spacial score (nSPS) is 22.8. The van der Waals surface area contributed by atoms with Crippen molar-refractivity contribution in [1.82, 2.24) is 9.78 Å². The van der Waals surface area contributed by atoms with Gasteiger partial charge in [-0.2, -0.15) is 5.10 Å². The van der Waals surface area contributed by atoms with Gasteiger partial charge >= 0.3 is 0 Å². The zero-order valence-corrected chi connectivity index (χ0v) is 9.96. The first-order valence-corrected chi connectivity index (χ1v) is 5.55. The van der Waals surface area contributed by atoms with Crippen LogP contribution in [-0.4, -0.2) is 15.8 Å². The molecule has 84 valence electrons. The number of hydrogen-bond acceptors (Lipinski definition) is 3. The third kappa shape index (κ3) is 1.68. The van der Waals surface area contributed by atoms with Crippen LogP contribution >= 0.6 is 0 Å². The molecule has 1 heterocycles. The lowest BCUT2D eigenvalue weighted by atomic mass is 10.2. The van der Waals surface area contributed by atoms with Crippen LogP contribution in [0.15, 0.2) is 0 Å². The fourth-order valence-corrected chi connectivity index (χ4v) is 1.86. The average molecular weight is 208 g/mol. The summed E-state index contributed by atoms with van der Waals surface area (Å²) in [7, 11) is 0. The molecule has 4 nitrogen and oxygen atoms in total. The van der Waals surface area contributed by atoms with E-state index in [0.717, 1.165) is 23.7 Å². The van der Waals surface area contributed by atoms with Crippen molar-refractivity contribution in [3.05, 3.63) is 5.69 Å². The van der Waals surface area contributed by atoms with Crippen LogP contribution in [0.3, 0.4) is 0 Å². The molecule has 1 aromatic rings. The third-order valence-electron chi connectivity index (χ3n) is 3.30. The second kappa shape index (κ2) is 3.15. The van der Waals surface area contributed by atoms with E-state index in [0.29, 0.717) is 11.5 Å². The highest BCUT2D eigenvalue weighted by atomic mass is 15.3. The van der Waals surface area contributed by atoms with Gasteiger partial charge in [0, 0.05) is 12.6 Å². The minimum absolute atomic E-state index is 0.406. The van der Waals surface area contributed by atoms with Gasteiger partial charge in [-0.1, -0.05) is 13.8 Å². The van der Waals surface area contributed by atoms with Crippen molar-refractivity contribution >= 4 is 11.5 Å². The summed E-state index contributed by atoms with van der Waals surface area (Å²) >= 11 is 0. The van der Waals surface area contributed by atoms with E-state index >= 15 is 0 Å². The minimum atomic E-state index is 0.406. The van der Waals surface area contributed by atoms with Gasteiger partial charge in [0.05, 0.1) is 11.4 Å². The summed E-state index contributed by atoms with van der Waals surface area (Å²) in [4.78, 5) is 0. The van der Waals surface area contributed by atoms with E-state index < -0.39 is 0 Å². The Morgan fingerprint density at radius 3 is 2.67 bits per heavy atom. The molecule has 1 saturated carbocycles. The van der Waals surface area contributed by atoms with Crippen molar-refractivity contribution in [2.75, 3.05) is 11.1 Å². The number of hydrogen-bond donors (Lipinski definition) is 2. The third-order valence-corrected chi connectivity index (χ3v) is 3.30.